The van der Waals surface area contributed by atoms with Crippen LogP contribution in [0, 0.1) is 19.7 Å². The van der Waals surface area contributed by atoms with Gasteiger partial charge < -0.3 is 20.6 Å². The van der Waals surface area contributed by atoms with Crippen LogP contribution >= 0.6 is 0 Å². The highest BCUT2D eigenvalue weighted by Crippen LogP contribution is 2.45. The van der Waals surface area contributed by atoms with E-state index in [4.69, 9.17) is 10.3 Å². The van der Waals surface area contributed by atoms with Crippen LogP contribution in [0.5, 0.6) is 5.75 Å². The molecule has 4 rings (SSSR count). The molecule has 0 saturated heterocycles. The van der Waals surface area contributed by atoms with Crippen molar-refractivity contribution in [2.75, 3.05) is 0 Å². The zero-order chi connectivity index (χ0) is 19.3. The molecule has 7 nitrogen and oxygen atoms in total. The van der Waals surface area contributed by atoms with Crippen molar-refractivity contribution in [2.45, 2.75) is 33.1 Å². The van der Waals surface area contributed by atoms with Crippen LogP contribution in [0.3, 0.4) is 0 Å². The molecule has 2 heterocycles. The number of hydrogen-bond donors (Lipinski definition) is 3. The van der Waals surface area contributed by atoms with E-state index in [0.717, 1.165) is 36.6 Å². The second-order valence-electron chi connectivity index (χ2n) is 6.66. The zero-order valence-electron chi connectivity index (χ0n) is 15.0. The SMILES string of the molecule is Cc1noc(C)c1-c1c(-c2ccc(O)cc2F)c2c(n1C(N)=NO)CCC2. The van der Waals surface area contributed by atoms with Crippen LogP contribution in [0.25, 0.3) is 22.4 Å². The van der Waals surface area contributed by atoms with Gasteiger partial charge in [-0.05, 0) is 50.8 Å². The van der Waals surface area contributed by atoms with Gasteiger partial charge in [0.1, 0.15) is 17.3 Å². The molecule has 8 heteroatoms. The van der Waals surface area contributed by atoms with E-state index in [9.17, 15) is 14.7 Å². The molecule has 0 bridgehead atoms. The average Bonchev–Trinajstić information content (AvgIpc) is 3.29. The fraction of sp³-hybridized carbons (Fsp3) is 0.263. The summed E-state index contributed by atoms with van der Waals surface area (Å²) < 4.78 is 21.8. The van der Waals surface area contributed by atoms with Gasteiger partial charge in [0.2, 0.25) is 5.96 Å². The summed E-state index contributed by atoms with van der Waals surface area (Å²) in [5, 5.41) is 26.1. The van der Waals surface area contributed by atoms with Crippen LogP contribution in [0.1, 0.15) is 29.1 Å². The Balaban J connectivity index is 2.16. The second kappa shape index (κ2) is 6.15. The molecule has 140 valence electrons. The summed E-state index contributed by atoms with van der Waals surface area (Å²) in [6.07, 6.45) is 2.35. The maximum Gasteiger partial charge on any atom is 0.242 e. The molecule has 0 saturated carbocycles. The smallest absolute Gasteiger partial charge is 0.242 e. The number of aryl methyl sites for hydroxylation is 2. The molecular formula is C19H19FN4O3. The molecule has 0 amide bonds. The Hall–Kier alpha value is -3.29. The number of phenols is 1. The molecule has 0 fully saturated rings. The number of oxime groups is 1. The minimum absolute atomic E-state index is 0.103. The Morgan fingerprint density at radius 2 is 2.07 bits per heavy atom. The number of halogens is 1. The molecule has 2 aromatic heterocycles. The lowest BCUT2D eigenvalue weighted by atomic mass is 9.95. The van der Waals surface area contributed by atoms with Crippen LogP contribution in [0.15, 0.2) is 27.9 Å². The van der Waals surface area contributed by atoms with E-state index in [0.29, 0.717) is 33.8 Å². The van der Waals surface area contributed by atoms with Crippen molar-refractivity contribution in [2.24, 2.45) is 10.9 Å². The largest absolute Gasteiger partial charge is 0.508 e. The molecule has 0 radical (unpaired) electrons. The van der Waals surface area contributed by atoms with Gasteiger partial charge in [-0.25, -0.2) is 4.39 Å². The minimum Gasteiger partial charge on any atom is -0.508 e. The lowest BCUT2D eigenvalue weighted by molar-refractivity contribution is 0.316. The molecule has 4 N–H and O–H groups in total. The van der Waals surface area contributed by atoms with Gasteiger partial charge in [-0.15, -0.1) is 0 Å². The van der Waals surface area contributed by atoms with Crippen LogP contribution < -0.4 is 5.73 Å². The zero-order valence-corrected chi connectivity index (χ0v) is 15.0. The van der Waals surface area contributed by atoms with Gasteiger partial charge in [0.05, 0.1) is 17.0 Å². The van der Waals surface area contributed by atoms with E-state index in [1.807, 2.05) is 0 Å². The first-order chi connectivity index (χ1) is 12.9. The lowest BCUT2D eigenvalue weighted by Crippen LogP contribution is -2.25. The van der Waals surface area contributed by atoms with Crippen molar-refractivity contribution in [3.05, 3.63) is 46.7 Å². The first-order valence-electron chi connectivity index (χ1n) is 8.60. The number of fused-ring (bicyclic) bond motifs is 1. The van der Waals surface area contributed by atoms with Crippen LogP contribution in [0.4, 0.5) is 4.39 Å². The summed E-state index contributed by atoms with van der Waals surface area (Å²) in [5.74, 6) is -0.248. The Morgan fingerprint density at radius 1 is 1.30 bits per heavy atom. The summed E-state index contributed by atoms with van der Waals surface area (Å²) in [7, 11) is 0. The molecule has 0 unspecified atom stereocenters. The Morgan fingerprint density at radius 3 is 2.70 bits per heavy atom. The molecule has 3 aromatic rings. The standard InChI is InChI=1S/C19H19FN4O3/c1-9-16(10(2)27-23-9)18-17(12-7-6-11(25)8-14(12)20)13-4-3-5-15(13)24(18)19(21)22-26/h6-8,25-26H,3-5H2,1-2H3,(H2,21,22). The fourth-order valence-electron chi connectivity index (χ4n) is 3.99. The molecule has 0 aliphatic heterocycles. The number of benzene rings is 1. The molecule has 1 aromatic carbocycles. The second-order valence-corrected chi connectivity index (χ2v) is 6.66. The van der Waals surface area contributed by atoms with E-state index in [1.54, 1.807) is 18.4 Å². The normalized spacial score (nSPS) is 14.0. The Kier molecular flexibility index (Phi) is 3.91. The summed E-state index contributed by atoms with van der Waals surface area (Å²) in [4.78, 5) is 0. The van der Waals surface area contributed by atoms with E-state index >= 15 is 0 Å². The average molecular weight is 370 g/mol. The van der Waals surface area contributed by atoms with Gasteiger partial charge >= 0.3 is 0 Å². The van der Waals surface area contributed by atoms with Gasteiger partial charge in [-0.1, -0.05) is 10.3 Å². The van der Waals surface area contributed by atoms with Crippen molar-refractivity contribution in [1.82, 2.24) is 9.72 Å². The number of aromatic nitrogens is 2. The van der Waals surface area contributed by atoms with Crippen molar-refractivity contribution >= 4 is 5.96 Å². The third-order valence-electron chi connectivity index (χ3n) is 5.04. The lowest BCUT2D eigenvalue weighted by Gasteiger charge is -2.13. The minimum atomic E-state index is -0.547. The molecular weight excluding hydrogens is 351 g/mol. The number of phenolic OH excluding ortho intramolecular Hbond substituents is 1. The molecule has 27 heavy (non-hydrogen) atoms. The first-order valence-corrected chi connectivity index (χ1v) is 8.60. The molecule has 1 aliphatic rings. The van der Waals surface area contributed by atoms with Gasteiger partial charge in [-0.3, -0.25) is 4.57 Å². The van der Waals surface area contributed by atoms with E-state index in [1.165, 1.54) is 12.1 Å². The van der Waals surface area contributed by atoms with Crippen molar-refractivity contribution < 1.29 is 19.2 Å². The summed E-state index contributed by atoms with van der Waals surface area (Å²) in [6.45, 7) is 3.55. The van der Waals surface area contributed by atoms with Crippen LogP contribution in [0.2, 0.25) is 0 Å². The fourth-order valence-corrected chi connectivity index (χ4v) is 3.99. The van der Waals surface area contributed by atoms with E-state index in [-0.39, 0.29) is 11.7 Å². The summed E-state index contributed by atoms with van der Waals surface area (Å²) in [6, 6.07) is 4.06. The monoisotopic (exact) mass is 370 g/mol. The number of nitrogens with two attached hydrogens (primary N) is 1. The highest BCUT2D eigenvalue weighted by Gasteiger charge is 2.32. The maximum atomic E-state index is 14.8. The number of rotatable bonds is 2. The van der Waals surface area contributed by atoms with Gasteiger partial charge in [0, 0.05) is 22.9 Å². The predicted molar refractivity (Wildman–Crippen MR) is 97.3 cm³/mol. The Labute approximate surface area is 154 Å². The van der Waals surface area contributed by atoms with E-state index in [2.05, 4.69) is 10.3 Å². The summed E-state index contributed by atoms with van der Waals surface area (Å²) in [5.41, 5.74) is 10.7. The van der Waals surface area contributed by atoms with Crippen molar-refractivity contribution in [3.63, 3.8) is 0 Å². The highest BCUT2D eigenvalue weighted by molar-refractivity contribution is 5.96. The number of hydrogen-bond acceptors (Lipinski definition) is 5. The van der Waals surface area contributed by atoms with Crippen molar-refractivity contribution in [3.8, 4) is 28.1 Å². The molecule has 0 spiro atoms. The number of aromatic hydroxyl groups is 1. The first kappa shape index (κ1) is 17.1. The van der Waals surface area contributed by atoms with Crippen molar-refractivity contribution in [1.29, 1.82) is 0 Å². The van der Waals surface area contributed by atoms with Gasteiger partial charge in [0.15, 0.2) is 0 Å². The van der Waals surface area contributed by atoms with Gasteiger partial charge in [0.25, 0.3) is 0 Å². The third kappa shape index (κ3) is 2.48. The van der Waals surface area contributed by atoms with Gasteiger partial charge in [-0.2, -0.15) is 0 Å². The Bertz CT molecular complexity index is 1060. The van der Waals surface area contributed by atoms with E-state index < -0.39 is 5.82 Å². The predicted octanol–water partition coefficient (Wildman–Crippen LogP) is 3.31. The maximum absolute atomic E-state index is 14.8. The number of nitrogens with zero attached hydrogens (tertiary/aromatic N) is 3. The third-order valence-corrected chi connectivity index (χ3v) is 5.04. The van der Waals surface area contributed by atoms with Crippen LogP contribution in [-0.4, -0.2) is 26.0 Å². The summed E-state index contributed by atoms with van der Waals surface area (Å²) >= 11 is 0. The molecule has 0 atom stereocenters. The van der Waals surface area contributed by atoms with Crippen LogP contribution in [-0.2, 0) is 12.8 Å². The topological polar surface area (TPSA) is 110 Å². The quantitative estimate of drug-likeness (QED) is 0.277. The highest BCUT2D eigenvalue weighted by atomic mass is 19.1. The molecule has 1 aliphatic carbocycles.